The number of amides is 1. The molecule has 4 nitrogen and oxygen atoms in total. The van der Waals surface area contributed by atoms with Crippen molar-refractivity contribution in [3.8, 4) is 0 Å². The van der Waals surface area contributed by atoms with Crippen molar-refractivity contribution >= 4 is 6.03 Å². The molecule has 0 N–H and O–H groups in total. The Morgan fingerprint density at radius 1 is 1.33 bits per heavy atom. The van der Waals surface area contributed by atoms with Crippen LogP contribution in [-0.2, 0) is 7.05 Å². The highest BCUT2D eigenvalue weighted by atomic mass is 16.2. The maximum absolute atomic E-state index is 12.0. The first-order chi connectivity index (χ1) is 7.08. The van der Waals surface area contributed by atoms with Gasteiger partial charge in [0.15, 0.2) is 0 Å². The van der Waals surface area contributed by atoms with Crippen molar-refractivity contribution in [2.45, 2.75) is 13.8 Å². The zero-order chi connectivity index (χ0) is 11.0. The van der Waals surface area contributed by atoms with Gasteiger partial charge in [0, 0.05) is 13.1 Å². The number of aryl methyl sites for hydroxylation is 1. The van der Waals surface area contributed by atoms with E-state index in [9.17, 15) is 4.79 Å². The van der Waals surface area contributed by atoms with Gasteiger partial charge in [-0.1, -0.05) is 13.8 Å². The Kier molecular flexibility index (Phi) is 2.50. The summed E-state index contributed by atoms with van der Waals surface area (Å²) in [4.78, 5) is 14.0. The van der Waals surface area contributed by atoms with Gasteiger partial charge in [0.1, 0.15) is 12.4 Å². The summed E-state index contributed by atoms with van der Waals surface area (Å²) in [5.41, 5.74) is 0. The Bertz CT molecular complexity index is 362. The topological polar surface area (TPSA) is 29.1 Å². The van der Waals surface area contributed by atoms with Gasteiger partial charge in [0.05, 0.1) is 7.05 Å². The molecule has 1 fully saturated rings. The first kappa shape index (κ1) is 10.2. The molecular weight excluding hydrogens is 190 g/mol. The van der Waals surface area contributed by atoms with Crippen LogP contribution in [0, 0.1) is 11.8 Å². The third-order valence-electron chi connectivity index (χ3n) is 3.25. The summed E-state index contributed by atoms with van der Waals surface area (Å²) in [6.45, 7) is 6.16. The van der Waals surface area contributed by atoms with Crippen molar-refractivity contribution in [2.24, 2.45) is 18.9 Å². The standard InChI is InChI=1S/C11H18N3O/c1-9-6-14(7-10(9)2)11(15)13-5-4-12(3)8-13/h4-5,8-10H,6-7H2,1-3H3/q+1. The van der Waals surface area contributed by atoms with Crippen LogP contribution in [0.3, 0.4) is 0 Å². The van der Waals surface area contributed by atoms with Gasteiger partial charge < -0.3 is 4.90 Å². The second-order valence-electron chi connectivity index (χ2n) is 4.63. The molecule has 1 saturated heterocycles. The van der Waals surface area contributed by atoms with E-state index in [1.165, 1.54) is 0 Å². The van der Waals surface area contributed by atoms with Gasteiger partial charge in [-0.2, -0.15) is 4.57 Å². The molecule has 1 aliphatic rings. The van der Waals surface area contributed by atoms with Crippen molar-refractivity contribution < 1.29 is 9.36 Å². The van der Waals surface area contributed by atoms with E-state index in [0.717, 1.165) is 13.1 Å². The van der Waals surface area contributed by atoms with Crippen LogP contribution in [-0.4, -0.2) is 28.6 Å². The summed E-state index contributed by atoms with van der Waals surface area (Å²) in [6, 6.07) is 0.0896. The number of hydrogen-bond donors (Lipinski definition) is 0. The minimum atomic E-state index is 0.0896. The van der Waals surface area contributed by atoms with Crippen LogP contribution in [0.25, 0.3) is 0 Å². The number of imidazole rings is 1. The van der Waals surface area contributed by atoms with Crippen molar-refractivity contribution in [3.05, 3.63) is 18.7 Å². The zero-order valence-electron chi connectivity index (χ0n) is 9.55. The summed E-state index contributed by atoms with van der Waals surface area (Å²) < 4.78 is 3.52. The highest BCUT2D eigenvalue weighted by Gasteiger charge is 2.32. The molecule has 0 spiro atoms. The van der Waals surface area contributed by atoms with Gasteiger partial charge in [0.2, 0.25) is 0 Å². The monoisotopic (exact) mass is 208 g/mol. The van der Waals surface area contributed by atoms with Crippen LogP contribution in [0.5, 0.6) is 0 Å². The van der Waals surface area contributed by atoms with Crippen molar-refractivity contribution in [1.29, 1.82) is 0 Å². The maximum Gasteiger partial charge on any atom is 0.415 e. The SMILES string of the molecule is CC1CN(C(=O)n2cc[n+](C)c2)CC1C. The maximum atomic E-state index is 12.0. The Morgan fingerprint density at radius 2 is 1.93 bits per heavy atom. The van der Waals surface area contributed by atoms with Gasteiger partial charge in [-0.15, -0.1) is 0 Å². The van der Waals surface area contributed by atoms with E-state index >= 15 is 0 Å². The minimum Gasteiger partial charge on any atom is -0.304 e. The number of carbonyl (C=O) groups is 1. The fourth-order valence-electron chi connectivity index (χ4n) is 2.01. The summed E-state index contributed by atoms with van der Waals surface area (Å²) in [5, 5.41) is 0. The molecule has 2 atom stereocenters. The number of aromatic nitrogens is 2. The molecule has 15 heavy (non-hydrogen) atoms. The predicted molar refractivity (Wildman–Crippen MR) is 56.3 cm³/mol. The van der Waals surface area contributed by atoms with Crippen LogP contribution in [0.2, 0.25) is 0 Å². The molecule has 0 radical (unpaired) electrons. The first-order valence-electron chi connectivity index (χ1n) is 5.40. The van der Waals surface area contributed by atoms with E-state index in [0.29, 0.717) is 11.8 Å². The predicted octanol–water partition coefficient (Wildman–Crippen LogP) is 0.868. The van der Waals surface area contributed by atoms with Crippen LogP contribution in [0.4, 0.5) is 4.79 Å². The molecule has 2 rings (SSSR count). The third kappa shape index (κ3) is 1.89. The molecule has 2 unspecified atom stereocenters. The highest BCUT2D eigenvalue weighted by Crippen LogP contribution is 2.22. The molecule has 82 valence electrons. The van der Waals surface area contributed by atoms with Crippen molar-refractivity contribution in [3.63, 3.8) is 0 Å². The van der Waals surface area contributed by atoms with Gasteiger partial charge in [0.25, 0.3) is 6.33 Å². The summed E-state index contributed by atoms with van der Waals surface area (Å²) >= 11 is 0. The highest BCUT2D eigenvalue weighted by molar-refractivity contribution is 5.76. The van der Waals surface area contributed by atoms with Crippen LogP contribution in [0.15, 0.2) is 18.7 Å². The molecule has 1 amide bonds. The summed E-state index contributed by atoms with van der Waals surface area (Å²) in [5.74, 6) is 1.22. The fourth-order valence-corrected chi connectivity index (χ4v) is 2.01. The molecule has 1 aromatic rings. The van der Waals surface area contributed by atoms with Crippen LogP contribution >= 0.6 is 0 Å². The van der Waals surface area contributed by atoms with Gasteiger partial charge >= 0.3 is 6.03 Å². The normalized spacial score (nSPS) is 25.9. The Labute approximate surface area is 90.1 Å². The van der Waals surface area contributed by atoms with Crippen LogP contribution in [0.1, 0.15) is 13.8 Å². The quantitative estimate of drug-likeness (QED) is 0.582. The largest absolute Gasteiger partial charge is 0.415 e. The lowest BCUT2D eigenvalue weighted by atomic mass is 10.0. The van der Waals surface area contributed by atoms with Gasteiger partial charge in [-0.3, -0.25) is 0 Å². The first-order valence-corrected chi connectivity index (χ1v) is 5.40. The lowest BCUT2D eigenvalue weighted by molar-refractivity contribution is -0.670. The van der Waals surface area contributed by atoms with E-state index in [4.69, 9.17) is 0 Å². The number of hydrogen-bond acceptors (Lipinski definition) is 1. The van der Waals surface area contributed by atoms with Gasteiger partial charge in [-0.25, -0.2) is 9.36 Å². The smallest absolute Gasteiger partial charge is 0.304 e. The Balaban J connectivity index is 2.10. The molecule has 0 aliphatic carbocycles. The Hall–Kier alpha value is -1.32. The molecule has 0 saturated carbocycles. The third-order valence-corrected chi connectivity index (χ3v) is 3.25. The van der Waals surface area contributed by atoms with Crippen molar-refractivity contribution in [1.82, 2.24) is 9.47 Å². The zero-order valence-corrected chi connectivity index (χ0v) is 9.55. The lowest BCUT2D eigenvalue weighted by Crippen LogP contribution is -2.33. The lowest BCUT2D eigenvalue weighted by Gasteiger charge is -2.11. The molecule has 0 aromatic carbocycles. The number of carbonyl (C=O) groups excluding carboxylic acids is 1. The number of nitrogens with zero attached hydrogens (tertiary/aromatic N) is 3. The molecule has 1 aliphatic heterocycles. The average Bonchev–Trinajstić information content (AvgIpc) is 2.74. The summed E-state index contributed by atoms with van der Waals surface area (Å²) in [7, 11) is 1.92. The molecular formula is C11H18N3O+. The van der Waals surface area contributed by atoms with E-state index < -0.39 is 0 Å². The molecule has 1 aromatic heterocycles. The van der Waals surface area contributed by atoms with E-state index in [-0.39, 0.29) is 6.03 Å². The summed E-state index contributed by atoms with van der Waals surface area (Å²) in [6.07, 6.45) is 5.48. The molecule has 4 heteroatoms. The second-order valence-corrected chi connectivity index (χ2v) is 4.63. The average molecular weight is 208 g/mol. The Morgan fingerprint density at radius 3 is 2.40 bits per heavy atom. The molecule has 0 bridgehead atoms. The second kappa shape index (κ2) is 3.68. The number of rotatable bonds is 0. The van der Waals surface area contributed by atoms with Crippen molar-refractivity contribution in [2.75, 3.05) is 13.1 Å². The van der Waals surface area contributed by atoms with E-state index in [1.54, 1.807) is 17.1 Å². The van der Waals surface area contributed by atoms with E-state index in [1.807, 2.05) is 22.7 Å². The molecule has 2 heterocycles. The number of likely N-dealkylation sites (tertiary alicyclic amines) is 1. The van der Waals surface area contributed by atoms with Gasteiger partial charge in [-0.05, 0) is 11.8 Å². The van der Waals surface area contributed by atoms with E-state index in [2.05, 4.69) is 13.8 Å². The minimum absolute atomic E-state index is 0.0896. The fraction of sp³-hybridized carbons (Fsp3) is 0.636. The van der Waals surface area contributed by atoms with Crippen LogP contribution < -0.4 is 4.57 Å².